The molecule has 20 heteroatoms. The summed E-state index contributed by atoms with van der Waals surface area (Å²) in [7, 11) is 8.05. The van der Waals surface area contributed by atoms with Gasteiger partial charge in [-0.15, -0.1) is 0 Å². The van der Waals surface area contributed by atoms with Crippen LogP contribution in [-0.2, 0) is 40.4 Å². The van der Waals surface area contributed by atoms with Gasteiger partial charge >= 0.3 is 6.01 Å². The number of hydrogen-bond donors (Lipinski definition) is 0. The molecule has 5 aliphatic heterocycles. The molecule has 2 aromatic heterocycles. The Morgan fingerprint density at radius 3 is 2.28 bits per heavy atom. The molecule has 4 atom stereocenters. The maximum atomic E-state index is 16.8. The quantitative estimate of drug-likeness (QED) is 0.0734. The average molecular weight is 1080 g/mol. The van der Waals surface area contributed by atoms with E-state index < -0.39 is 35.5 Å². The Bertz CT molecular complexity index is 2990. The Morgan fingerprint density at radius 1 is 0.872 bits per heavy atom. The number of benzene rings is 3. The fraction of sp³-hybridized carbons (Fsp3) is 0.500. The largest absolute Gasteiger partial charge is 0.497 e. The number of nitrogens with zero attached hydrogens (tertiary/aromatic N) is 9. The van der Waals surface area contributed by atoms with Crippen LogP contribution >= 0.6 is 0 Å². The highest BCUT2D eigenvalue weighted by atomic mass is 19.1. The van der Waals surface area contributed by atoms with E-state index in [1.54, 1.807) is 70.8 Å². The van der Waals surface area contributed by atoms with E-state index in [4.69, 9.17) is 48.1 Å². The van der Waals surface area contributed by atoms with Crippen LogP contribution in [0, 0.1) is 23.0 Å². The highest BCUT2D eigenvalue weighted by Gasteiger charge is 2.49. The molecule has 17 nitrogen and oxygen atoms in total. The van der Waals surface area contributed by atoms with Gasteiger partial charge in [-0.25, -0.2) is 18.2 Å². The van der Waals surface area contributed by atoms with Gasteiger partial charge in [0, 0.05) is 131 Å². The molecule has 0 bridgehead atoms. The number of carbonyl (C=O) groups is 1. The van der Waals surface area contributed by atoms with Crippen molar-refractivity contribution in [3.8, 4) is 35.1 Å². The van der Waals surface area contributed by atoms with Crippen molar-refractivity contribution in [1.29, 1.82) is 5.26 Å². The minimum atomic E-state index is -0.985. The molecular formula is C58H68F3N9O8. The lowest BCUT2D eigenvalue weighted by Gasteiger charge is -2.42. The highest BCUT2D eigenvalue weighted by Crippen LogP contribution is 2.43. The van der Waals surface area contributed by atoms with E-state index in [0.717, 1.165) is 62.5 Å². The van der Waals surface area contributed by atoms with Crippen LogP contribution in [0.2, 0.25) is 0 Å². The third kappa shape index (κ3) is 11.5. The van der Waals surface area contributed by atoms with Crippen molar-refractivity contribution in [2.75, 3.05) is 104 Å². The molecule has 414 valence electrons. The summed E-state index contributed by atoms with van der Waals surface area (Å²) in [5.74, 6) is 1.49. The van der Waals surface area contributed by atoms with Crippen LogP contribution in [0.3, 0.4) is 0 Å². The molecule has 0 radical (unpaired) electrons. The number of alkyl halides is 1. The lowest BCUT2D eigenvalue weighted by Crippen LogP contribution is -2.55. The van der Waals surface area contributed by atoms with E-state index in [1.165, 1.54) is 0 Å². The summed E-state index contributed by atoms with van der Waals surface area (Å²) in [6.45, 7) is 5.17. The molecule has 0 N–H and O–H groups in total. The molecule has 0 aliphatic carbocycles. The van der Waals surface area contributed by atoms with Gasteiger partial charge in [0.15, 0.2) is 0 Å². The number of ether oxygens (including phenoxy) is 7. The van der Waals surface area contributed by atoms with Gasteiger partial charge in [0.05, 0.1) is 82.5 Å². The molecule has 0 spiro atoms. The topological polar surface area (TPSA) is 160 Å². The van der Waals surface area contributed by atoms with Crippen molar-refractivity contribution in [2.24, 2.45) is 0 Å². The lowest BCUT2D eigenvalue weighted by atomic mass is 9.95. The number of carbonyl (C=O) groups excluding carboxylic acids is 1. The van der Waals surface area contributed by atoms with Gasteiger partial charge < -0.3 is 47.9 Å². The number of hydrogen-bond acceptors (Lipinski definition) is 16. The molecule has 10 rings (SSSR count). The third-order valence-electron chi connectivity index (χ3n) is 16.2. The average Bonchev–Trinajstić information content (AvgIpc) is 4.10. The van der Waals surface area contributed by atoms with E-state index >= 15 is 8.78 Å². The Hall–Kier alpha value is -6.92. The van der Waals surface area contributed by atoms with Gasteiger partial charge in [0.2, 0.25) is 5.91 Å². The zero-order valence-electron chi connectivity index (χ0n) is 45.0. The Balaban J connectivity index is 0.977. The second-order valence-electron chi connectivity index (χ2n) is 20.8. The summed E-state index contributed by atoms with van der Waals surface area (Å²) in [6, 6.07) is 17.1. The molecule has 5 aliphatic rings. The second kappa shape index (κ2) is 24.0. The van der Waals surface area contributed by atoms with E-state index in [9.17, 15) is 14.4 Å². The monoisotopic (exact) mass is 1080 g/mol. The summed E-state index contributed by atoms with van der Waals surface area (Å²) in [5.41, 5.74) is 2.40. The zero-order chi connectivity index (χ0) is 54.5. The predicted molar refractivity (Wildman–Crippen MR) is 286 cm³/mol. The normalized spacial score (nSPS) is 21.9. The number of amides is 1. The maximum absolute atomic E-state index is 16.8. The summed E-state index contributed by atoms with van der Waals surface area (Å²) < 4.78 is 89.1. The third-order valence-corrected chi connectivity index (χ3v) is 16.2. The number of aromatic nitrogens is 3. The van der Waals surface area contributed by atoms with Crippen LogP contribution in [0.5, 0.6) is 29.0 Å². The standard InChI is InChI=1S/C58H68F3N9O8/c1-72-41-16-22-66(23-17-41)20-6-8-53(71)70-25-24-67(34-40(70)15-19-62)56-45-35-77-51(29-48(45)63-57(65-56)78-36-58-18-7-21-69(58)33-39(59)30-58)54-47(61)28-46(60)44-13-14-52(64-55(44)54)68(31-37-9-11-42(73-2)26-49(37)75-4)32-38-10-12-43(74-3)27-50(38)76-5/h6,8-14,26-28,39-41,51H,7,15-18,20-25,29-36H2,1-5H3/b8-6+/t39-,40+,51?,58?/m1/s1. The van der Waals surface area contributed by atoms with Gasteiger partial charge in [-0.3, -0.25) is 14.6 Å². The zero-order valence-corrected chi connectivity index (χ0v) is 45.0. The van der Waals surface area contributed by atoms with Crippen molar-refractivity contribution in [2.45, 2.75) is 94.6 Å². The molecule has 3 aromatic carbocycles. The number of methoxy groups -OCH3 is 5. The van der Waals surface area contributed by atoms with E-state index in [1.807, 2.05) is 40.1 Å². The van der Waals surface area contributed by atoms with Gasteiger partial charge in [-0.05, 0) is 68.6 Å². The number of halogens is 3. The molecule has 78 heavy (non-hydrogen) atoms. The number of likely N-dealkylation sites (tertiary alicyclic amines) is 1. The van der Waals surface area contributed by atoms with Crippen molar-refractivity contribution in [3.63, 3.8) is 0 Å². The highest BCUT2D eigenvalue weighted by molar-refractivity contribution is 5.88. The fourth-order valence-electron chi connectivity index (χ4n) is 12.0. The molecule has 5 aromatic rings. The Kier molecular flexibility index (Phi) is 16.7. The number of piperidine rings is 1. The smallest absolute Gasteiger partial charge is 0.318 e. The molecule has 2 unspecified atom stereocenters. The number of nitriles is 1. The summed E-state index contributed by atoms with van der Waals surface area (Å²) in [6.07, 6.45) is 5.85. The van der Waals surface area contributed by atoms with Gasteiger partial charge in [0.1, 0.15) is 59.0 Å². The van der Waals surface area contributed by atoms with Crippen molar-refractivity contribution in [3.05, 3.63) is 106 Å². The first-order valence-corrected chi connectivity index (χ1v) is 26.8. The second-order valence-corrected chi connectivity index (χ2v) is 20.8. The number of pyridine rings is 1. The van der Waals surface area contributed by atoms with Gasteiger partial charge in [-0.2, -0.15) is 15.2 Å². The van der Waals surface area contributed by atoms with Gasteiger partial charge in [-0.1, -0.05) is 6.08 Å². The number of anilines is 2. The Morgan fingerprint density at radius 2 is 1.60 bits per heavy atom. The minimum absolute atomic E-state index is 0.0401. The minimum Gasteiger partial charge on any atom is -0.497 e. The molecule has 4 fully saturated rings. The van der Waals surface area contributed by atoms with E-state index in [2.05, 4.69) is 15.9 Å². The fourth-order valence-corrected chi connectivity index (χ4v) is 12.0. The summed E-state index contributed by atoms with van der Waals surface area (Å²) in [5, 5.41) is 10.2. The number of rotatable bonds is 19. The lowest BCUT2D eigenvalue weighted by molar-refractivity contribution is -0.128. The molecule has 7 heterocycles. The predicted octanol–water partition coefficient (Wildman–Crippen LogP) is 7.91. The molecule has 0 saturated carbocycles. The summed E-state index contributed by atoms with van der Waals surface area (Å²) >= 11 is 0. The van der Waals surface area contributed by atoms with Crippen LogP contribution < -0.4 is 33.5 Å². The molecule has 4 saturated heterocycles. The van der Waals surface area contributed by atoms with Crippen LogP contribution in [0.4, 0.5) is 24.8 Å². The van der Waals surface area contributed by atoms with Gasteiger partial charge in [0.25, 0.3) is 0 Å². The molecule has 1 amide bonds. The SMILES string of the molecule is COc1ccc(CN(Cc2ccc(OC)cc2OC)c2ccc3c(F)cc(F)c(C4Cc5nc(OCC67CCCN6C[C@H](F)C7)nc(N6CCN(C(=O)/C=C/CN7CCC(OC)CC7)[C@@H](CC#N)C6)c5CO4)c3n2)c(OC)c1. The summed E-state index contributed by atoms with van der Waals surface area (Å²) in [4.78, 5) is 39.1. The Labute approximate surface area is 453 Å². The van der Waals surface area contributed by atoms with E-state index in [-0.39, 0.29) is 80.2 Å². The van der Waals surface area contributed by atoms with Crippen LogP contribution in [0.25, 0.3) is 10.9 Å². The van der Waals surface area contributed by atoms with Crippen LogP contribution in [0.15, 0.2) is 66.7 Å². The van der Waals surface area contributed by atoms with Crippen LogP contribution in [0.1, 0.15) is 72.6 Å². The first-order chi connectivity index (χ1) is 37.9. The van der Waals surface area contributed by atoms with Crippen molar-refractivity contribution < 1.29 is 51.1 Å². The molecular weight excluding hydrogens is 1010 g/mol. The maximum Gasteiger partial charge on any atom is 0.318 e. The van der Waals surface area contributed by atoms with Crippen molar-refractivity contribution >= 4 is 28.4 Å². The first kappa shape index (κ1) is 54.4. The number of piperazine rings is 1. The van der Waals surface area contributed by atoms with Crippen molar-refractivity contribution in [1.82, 2.24) is 29.7 Å². The van der Waals surface area contributed by atoms with Crippen LogP contribution in [-0.4, -0.2) is 154 Å². The number of fused-ring (bicyclic) bond motifs is 3. The first-order valence-electron chi connectivity index (χ1n) is 26.8. The van der Waals surface area contributed by atoms with E-state index in [0.29, 0.717) is 78.5 Å².